The molecule has 1 saturated carbocycles. The summed E-state index contributed by atoms with van der Waals surface area (Å²) < 4.78 is 5.50. The molecule has 0 saturated heterocycles. The normalized spacial score (nSPS) is 22.9. The minimum absolute atomic E-state index is 0.125. The number of hydrazine groups is 1. The second-order valence-electron chi connectivity index (χ2n) is 6.31. The number of nitrogens with one attached hydrogen (secondary N) is 2. The van der Waals surface area contributed by atoms with E-state index < -0.39 is 0 Å². The van der Waals surface area contributed by atoms with E-state index in [0.29, 0.717) is 11.9 Å². The largest absolute Gasteiger partial charge is 0.379 e. The molecule has 0 bridgehead atoms. The summed E-state index contributed by atoms with van der Waals surface area (Å²) in [4.78, 5) is 9.03. The van der Waals surface area contributed by atoms with E-state index in [1.807, 2.05) is 6.07 Å². The van der Waals surface area contributed by atoms with Crippen molar-refractivity contribution in [3.8, 4) is 0 Å². The van der Waals surface area contributed by atoms with Gasteiger partial charge in [-0.15, -0.1) is 0 Å². The lowest BCUT2D eigenvalue weighted by molar-refractivity contribution is 0.101. The first-order chi connectivity index (χ1) is 9.44. The molecule has 1 aliphatic carbocycles. The Morgan fingerprint density at radius 1 is 1.25 bits per heavy atom. The molecule has 6 nitrogen and oxygen atoms in total. The standard InChI is InChI=1S/C14H25N5O/c1-14(2,3)13-17-11(8-12(18-13)19-15)16-9-6-5-7-10(9)20-4/h8-10H,5-7,15H2,1-4H3,(H2,16,17,18,19). The Morgan fingerprint density at radius 3 is 2.55 bits per heavy atom. The fourth-order valence-electron chi connectivity index (χ4n) is 2.49. The molecule has 1 fully saturated rings. The van der Waals surface area contributed by atoms with Crippen LogP contribution >= 0.6 is 0 Å². The summed E-state index contributed by atoms with van der Waals surface area (Å²) in [5.41, 5.74) is 2.48. The van der Waals surface area contributed by atoms with Gasteiger partial charge >= 0.3 is 0 Å². The second kappa shape index (κ2) is 5.93. The third-order valence-corrected chi connectivity index (χ3v) is 3.63. The van der Waals surface area contributed by atoms with Crippen LogP contribution in [0.15, 0.2) is 6.07 Å². The van der Waals surface area contributed by atoms with Crippen LogP contribution in [0.5, 0.6) is 0 Å². The van der Waals surface area contributed by atoms with Gasteiger partial charge in [0.1, 0.15) is 17.5 Å². The number of methoxy groups -OCH3 is 1. The number of hydrogen-bond donors (Lipinski definition) is 3. The van der Waals surface area contributed by atoms with E-state index in [2.05, 4.69) is 41.5 Å². The van der Waals surface area contributed by atoms with Crippen molar-refractivity contribution in [2.24, 2.45) is 5.84 Å². The molecule has 1 aliphatic rings. The fourth-order valence-corrected chi connectivity index (χ4v) is 2.49. The smallest absolute Gasteiger partial charge is 0.145 e. The number of rotatable bonds is 4. The van der Waals surface area contributed by atoms with Crippen LogP contribution in [0.3, 0.4) is 0 Å². The zero-order valence-electron chi connectivity index (χ0n) is 12.7. The van der Waals surface area contributed by atoms with Crippen molar-refractivity contribution >= 4 is 11.6 Å². The maximum atomic E-state index is 5.50. The highest BCUT2D eigenvalue weighted by Crippen LogP contribution is 2.27. The summed E-state index contributed by atoms with van der Waals surface area (Å²) >= 11 is 0. The molecule has 2 rings (SSSR count). The molecule has 2 unspecified atom stereocenters. The van der Waals surface area contributed by atoms with Gasteiger partial charge in [-0.05, 0) is 19.3 Å². The lowest BCUT2D eigenvalue weighted by Crippen LogP contribution is -2.31. The Morgan fingerprint density at radius 2 is 1.95 bits per heavy atom. The fraction of sp³-hybridized carbons (Fsp3) is 0.714. The Bertz CT molecular complexity index is 457. The Labute approximate surface area is 120 Å². The van der Waals surface area contributed by atoms with Gasteiger partial charge in [0, 0.05) is 18.6 Å². The highest BCUT2D eigenvalue weighted by Gasteiger charge is 2.28. The van der Waals surface area contributed by atoms with Crippen LogP contribution in [0, 0.1) is 0 Å². The number of hydrogen-bond acceptors (Lipinski definition) is 6. The van der Waals surface area contributed by atoms with Gasteiger partial charge in [0.25, 0.3) is 0 Å². The van der Waals surface area contributed by atoms with Gasteiger partial charge in [-0.1, -0.05) is 20.8 Å². The number of ether oxygens (including phenoxy) is 1. The molecule has 4 N–H and O–H groups in total. The third-order valence-electron chi connectivity index (χ3n) is 3.63. The van der Waals surface area contributed by atoms with Crippen LogP contribution in [-0.4, -0.2) is 29.2 Å². The minimum atomic E-state index is -0.125. The lowest BCUT2D eigenvalue weighted by atomic mass is 9.96. The summed E-state index contributed by atoms with van der Waals surface area (Å²) in [6.07, 6.45) is 3.61. The molecule has 0 spiro atoms. The van der Waals surface area contributed by atoms with Crippen molar-refractivity contribution in [1.82, 2.24) is 9.97 Å². The molecular formula is C14H25N5O. The van der Waals surface area contributed by atoms with Gasteiger partial charge in [-0.2, -0.15) is 0 Å². The van der Waals surface area contributed by atoms with Gasteiger partial charge < -0.3 is 15.5 Å². The van der Waals surface area contributed by atoms with Crippen LogP contribution in [0.25, 0.3) is 0 Å². The van der Waals surface area contributed by atoms with E-state index in [1.54, 1.807) is 7.11 Å². The Hall–Kier alpha value is -1.40. The molecule has 2 atom stereocenters. The average Bonchev–Trinajstić information content (AvgIpc) is 2.84. The van der Waals surface area contributed by atoms with Crippen molar-refractivity contribution < 1.29 is 4.74 Å². The zero-order chi connectivity index (χ0) is 14.8. The van der Waals surface area contributed by atoms with Gasteiger partial charge in [-0.25, -0.2) is 15.8 Å². The first-order valence-electron chi connectivity index (χ1n) is 7.09. The van der Waals surface area contributed by atoms with Crippen molar-refractivity contribution in [3.63, 3.8) is 0 Å². The number of aromatic nitrogens is 2. The summed E-state index contributed by atoms with van der Waals surface area (Å²) in [6.45, 7) is 6.25. The molecule has 0 amide bonds. The van der Waals surface area contributed by atoms with E-state index in [0.717, 1.165) is 24.5 Å². The Balaban J connectivity index is 2.22. The summed E-state index contributed by atoms with van der Waals surface area (Å²) in [5, 5.41) is 3.46. The Kier molecular flexibility index (Phi) is 4.45. The zero-order valence-corrected chi connectivity index (χ0v) is 12.7. The molecular weight excluding hydrogens is 254 g/mol. The van der Waals surface area contributed by atoms with Gasteiger partial charge in [0.05, 0.1) is 12.1 Å². The molecule has 1 aromatic heterocycles. The second-order valence-corrected chi connectivity index (χ2v) is 6.31. The monoisotopic (exact) mass is 279 g/mol. The van der Waals surface area contributed by atoms with E-state index >= 15 is 0 Å². The van der Waals surface area contributed by atoms with E-state index in [1.165, 1.54) is 6.42 Å². The highest BCUT2D eigenvalue weighted by atomic mass is 16.5. The lowest BCUT2D eigenvalue weighted by Gasteiger charge is -2.23. The summed E-state index contributed by atoms with van der Waals surface area (Å²) in [7, 11) is 1.76. The molecule has 0 aromatic carbocycles. The molecule has 112 valence electrons. The maximum Gasteiger partial charge on any atom is 0.145 e. The first kappa shape index (κ1) is 15.0. The first-order valence-corrected chi connectivity index (χ1v) is 7.09. The molecule has 0 radical (unpaired) electrons. The van der Waals surface area contributed by atoms with Gasteiger partial charge in [0.15, 0.2) is 0 Å². The van der Waals surface area contributed by atoms with Crippen molar-refractivity contribution in [1.29, 1.82) is 0 Å². The van der Waals surface area contributed by atoms with Gasteiger partial charge in [0.2, 0.25) is 0 Å². The third kappa shape index (κ3) is 3.37. The molecule has 0 aliphatic heterocycles. The topological polar surface area (TPSA) is 85.1 Å². The number of nitrogen functional groups attached to an aromatic ring is 1. The van der Waals surface area contributed by atoms with E-state index in [9.17, 15) is 0 Å². The van der Waals surface area contributed by atoms with Crippen molar-refractivity contribution in [3.05, 3.63) is 11.9 Å². The van der Waals surface area contributed by atoms with Crippen molar-refractivity contribution in [2.75, 3.05) is 17.9 Å². The SMILES string of the molecule is COC1CCCC1Nc1cc(NN)nc(C(C)(C)C)n1. The quantitative estimate of drug-likeness (QED) is 0.577. The molecule has 20 heavy (non-hydrogen) atoms. The predicted molar refractivity (Wildman–Crippen MR) is 80.6 cm³/mol. The van der Waals surface area contributed by atoms with Gasteiger partial charge in [-0.3, -0.25) is 0 Å². The van der Waals surface area contributed by atoms with E-state index in [-0.39, 0.29) is 11.5 Å². The summed E-state index contributed by atoms with van der Waals surface area (Å²) in [6, 6.07) is 2.13. The van der Waals surface area contributed by atoms with Crippen LogP contribution < -0.4 is 16.6 Å². The van der Waals surface area contributed by atoms with Crippen LogP contribution in [0.1, 0.15) is 45.9 Å². The highest BCUT2D eigenvalue weighted by molar-refractivity contribution is 5.48. The number of nitrogens with zero attached hydrogens (tertiary/aromatic N) is 2. The van der Waals surface area contributed by atoms with Crippen molar-refractivity contribution in [2.45, 2.75) is 57.6 Å². The van der Waals surface area contributed by atoms with E-state index in [4.69, 9.17) is 10.6 Å². The summed E-state index contributed by atoms with van der Waals surface area (Å²) in [5.74, 6) is 7.69. The molecule has 6 heteroatoms. The van der Waals surface area contributed by atoms with Crippen LogP contribution in [-0.2, 0) is 10.2 Å². The number of anilines is 2. The maximum absolute atomic E-state index is 5.50. The van der Waals surface area contributed by atoms with Crippen LogP contribution in [0.4, 0.5) is 11.6 Å². The minimum Gasteiger partial charge on any atom is -0.379 e. The average molecular weight is 279 g/mol. The molecule has 1 aromatic rings. The molecule has 1 heterocycles. The number of nitrogens with two attached hydrogens (primary N) is 1. The predicted octanol–water partition coefficient (Wildman–Crippen LogP) is 2.04. The van der Waals surface area contributed by atoms with Crippen LogP contribution in [0.2, 0.25) is 0 Å².